The molecule has 0 saturated carbocycles. The molecule has 2 aliphatic rings. The van der Waals surface area contributed by atoms with Gasteiger partial charge in [0.25, 0.3) is 5.91 Å². The molecule has 4 rings (SSSR count). The van der Waals surface area contributed by atoms with Crippen molar-refractivity contribution in [3.63, 3.8) is 0 Å². The van der Waals surface area contributed by atoms with Crippen molar-refractivity contribution in [2.75, 3.05) is 21.1 Å². The molecule has 2 heterocycles. The maximum absolute atomic E-state index is 14.9. The van der Waals surface area contributed by atoms with Crippen LogP contribution in [-0.2, 0) is 44.7 Å². The summed E-state index contributed by atoms with van der Waals surface area (Å²) in [7, 11) is 4.40. The van der Waals surface area contributed by atoms with Crippen LogP contribution in [0.4, 0.5) is 0 Å². The van der Waals surface area contributed by atoms with Crippen molar-refractivity contribution in [2.24, 2.45) is 17.8 Å². The molecule has 2 aromatic rings. The number of nitrogens with one attached hydrogen (secondary N) is 3. The molecule has 66 heavy (non-hydrogen) atoms. The highest BCUT2D eigenvalue weighted by molar-refractivity contribution is 7.17. The van der Waals surface area contributed by atoms with Crippen molar-refractivity contribution < 1.29 is 38.3 Å². The van der Waals surface area contributed by atoms with Gasteiger partial charge < -0.3 is 35.4 Å². The highest BCUT2D eigenvalue weighted by atomic mass is 35.5. The molecule has 0 bridgehead atoms. The summed E-state index contributed by atoms with van der Waals surface area (Å²) >= 11 is 7.90. The number of nitriles is 1. The smallest absolute Gasteiger partial charge is 0.329 e. The zero-order valence-corrected chi connectivity index (χ0v) is 41.9. The number of likely N-dealkylation sites (N-methyl/N-ethyl adjacent to an activating group) is 3. The Morgan fingerprint density at radius 2 is 1.32 bits per heavy atom. The van der Waals surface area contributed by atoms with Gasteiger partial charge in [-0.1, -0.05) is 64.8 Å². The molecular weight excluding hydrogens is 882 g/mol. The summed E-state index contributed by atoms with van der Waals surface area (Å²) in [5, 5.41) is 21.4. The Hall–Kier alpha value is -5.01. The van der Waals surface area contributed by atoms with E-state index in [0.717, 1.165) is 45.4 Å². The van der Waals surface area contributed by atoms with E-state index in [1.165, 1.54) is 49.2 Å². The number of thiophene rings is 1. The van der Waals surface area contributed by atoms with E-state index in [1.54, 1.807) is 12.1 Å². The fourth-order valence-electron chi connectivity index (χ4n) is 8.52. The van der Waals surface area contributed by atoms with E-state index in [1.807, 2.05) is 59.1 Å². The van der Waals surface area contributed by atoms with E-state index < -0.39 is 83.8 Å². The van der Waals surface area contributed by atoms with Crippen molar-refractivity contribution in [3.05, 3.63) is 45.8 Å². The summed E-state index contributed by atoms with van der Waals surface area (Å²) in [5.41, 5.74) is 1.71. The number of benzene rings is 1. The van der Waals surface area contributed by atoms with Crippen molar-refractivity contribution in [1.29, 1.82) is 5.26 Å². The molecule has 1 saturated heterocycles. The Morgan fingerprint density at radius 3 is 1.89 bits per heavy atom. The molecule has 1 aliphatic heterocycles. The summed E-state index contributed by atoms with van der Waals surface area (Å²) in [6.45, 7) is 12.9. The molecule has 7 atom stereocenters. The standard InChI is InChI=1S/C49H70ClN7O8S/c1-28(2)21-36-46(61)55(8)31(7)49(64)65-41(17-14-20-51)45(60)54-38(24-32-15-12-11-13-16-32)48(63)56(9)39(23-30(5)6)43(58)53-37(22-29(3)4)47(62)57(10)40(44(59)52-36)25-33-27-66-42-19-18-34(50)26-35(33)42/h15,18-19,26-31,36-41H,11-14,16-17,21-25H2,1-10H3,(H,52,59)(H,53,58)(H,54,60)/t31-,36-,37-,38-,39-,40-,41+/m0/s1. The zero-order valence-electron chi connectivity index (χ0n) is 40.3. The molecule has 0 radical (unpaired) electrons. The third kappa shape index (κ3) is 14.5. The summed E-state index contributed by atoms with van der Waals surface area (Å²) in [4.78, 5) is 105. The first kappa shape index (κ1) is 53.6. The Morgan fingerprint density at radius 1 is 0.758 bits per heavy atom. The van der Waals surface area contributed by atoms with Crippen molar-refractivity contribution in [2.45, 2.75) is 161 Å². The summed E-state index contributed by atoms with van der Waals surface area (Å²) < 4.78 is 6.69. The monoisotopic (exact) mass is 951 g/mol. The lowest BCUT2D eigenvalue weighted by molar-refractivity contribution is -0.163. The zero-order chi connectivity index (χ0) is 49.0. The number of halogens is 1. The molecule has 1 aliphatic carbocycles. The average Bonchev–Trinajstić information content (AvgIpc) is 3.66. The topological polar surface area (TPSA) is 198 Å². The molecule has 0 spiro atoms. The minimum atomic E-state index is -1.50. The van der Waals surface area contributed by atoms with Crippen LogP contribution in [-0.4, -0.2) is 120 Å². The quantitative estimate of drug-likeness (QED) is 0.161. The van der Waals surface area contributed by atoms with Crippen LogP contribution in [0.5, 0.6) is 0 Å². The van der Waals surface area contributed by atoms with Gasteiger partial charge in [-0.3, -0.25) is 28.8 Å². The summed E-state index contributed by atoms with van der Waals surface area (Å²) in [5.74, 6) is -4.95. The second kappa shape index (κ2) is 24.7. The molecule has 15 nitrogen and oxygen atoms in total. The normalized spacial score (nSPS) is 25.1. The number of hydrogen-bond acceptors (Lipinski definition) is 10. The summed E-state index contributed by atoms with van der Waals surface area (Å²) in [6.07, 6.45) is 4.39. The first-order chi connectivity index (χ1) is 31.1. The number of allylic oxidation sites excluding steroid dienone is 1. The largest absolute Gasteiger partial charge is 0.451 e. The van der Waals surface area contributed by atoms with Crippen LogP contribution in [0.2, 0.25) is 5.02 Å². The number of amides is 6. The molecule has 1 aromatic carbocycles. The Bertz CT molecular complexity index is 2150. The minimum Gasteiger partial charge on any atom is -0.451 e. The maximum atomic E-state index is 14.9. The van der Waals surface area contributed by atoms with E-state index in [4.69, 9.17) is 16.3 Å². The van der Waals surface area contributed by atoms with E-state index >= 15 is 0 Å². The first-order valence-corrected chi connectivity index (χ1v) is 24.5. The second-order valence-electron chi connectivity index (χ2n) is 19.2. The van der Waals surface area contributed by atoms with Crippen LogP contribution < -0.4 is 16.0 Å². The minimum absolute atomic E-state index is 0.0358. The Balaban J connectivity index is 1.89. The second-order valence-corrected chi connectivity index (χ2v) is 20.5. The summed E-state index contributed by atoms with van der Waals surface area (Å²) in [6, 6.07) is 0.486. The molecule has 1 fully saturated rings. The first-order valence-electron chi connectivity index (χ1n) is 23.2. The van der Waals surface area contributed by atoms with Gasteiger partial charge in [0.1, 0.15) is 36.3 Å². The molecule has 17 heteroatoms. The van der Waals surface area contributed by atoms with E-state index in [-0.39, 0.29) is 62.7 Å². The van der Waals surface area contributed by atoms with Gasteiger partial charge in [-0.2, -0.15) is 5.26 Å². The predicted molar refractivity (Wildman–Crippen MR) is 256 cm³/mol. The lowest BCUT2D eigenvalue weighted by Crippen LogP contribution is -2.60. The number of cyclic esters (lactones) is 1. The van der Waals surface area contributed by atoms with Crippen LogP contribution in [0, 0.1) is 29.1 Å². The van der Waals surface area contributed by atoms with Gasteiger partial charge in [0.15, 0.2) is 6.10 Å². The predicted octanol–water partition coefficient (Wildman–Crippen LogP) is 6.31. The fourth-order valence-corrected chi connectivity index (χ4v) is 9.65. The number of carbonyl (C=O) groups is 7. The number of ether oxygens (including phenoxy) is 1. The SMILES string of the molecule is CC(C)C[C@@H]1NC(=O)[C@H](Cc2csc3ccc(Cl)cc23)N(C)C(=O)[C@H](CC(C)C)NC(=O)[C@H](CC(C)C)N(C)C(=O)[C@H](CC2=CCCCC2)NC(=O)[C@@H](CCC#N)OC(=O)[C@H](C)N(C)C1=O. The van der Waals surface area contributed by atoms with Crippen LogP contribution in [0.1, 0.15) is 118 Å². The number of hydrogen-bond donors (Lipinski definition) is 3. The number of esters is 1. The average molecular weight is 953 g/mol. The van der Waals surface area contributed by atoms with Gasteiger partial charge in [0, 0.05) is 50.1 Å². The Labute approximate surface area is 399 Å². The Kier molecular flexibility index (Phi) is 20.0. The molecule has 6 amide bonds. The fraction of sp³-hybridized carbons (Fsp3) is 0.633. The van der Waals surface area contributed by atoms with Gasteiger partial charge in [-0.05, 0) is 111 Å². The number of rotatable bonds is 12. The third-order valence-corrected chi connectivity index (χ3v) is 13.7. The van der Waals surface area contributed by atoms with Crippen LogP contribution in [0.3, 0.4) is 0 Å². The highest BCUT2D eigenvalue weighted by Gasteiger charge is 2.40. The van der Waals surface area contributed by atoms with Crippen LogP contribution >= 0.6 is 22.9 Å². The van der Waals surface area contributed by atoms with Crippen molar-refractivity contribution in [3.8, 4) is 6.07 Å². The highest BCUT2D eigenvalue weighted by Crippen LogP contribution is 2.31. The van der Waals surface area contributed by atoms with Gasteiger partial charge >= 0.3 is 5.97 Å². The van der Waals surface area contributed by atoms with Gasteiger partial charge in [0.2, 0.25) is 29.5 Å². The third-order valence-electron chi connectivity index (χ3n) is 12.4. The molecule has 362 valence electrons. The number of carbonyl (C=O) groups excluding carboxylic acids is 7. The molecular formula is C49H70ClN7O8S. The lowest BCUT2D eigenvalue weighted by Gasteiger charge is -2.35. The lowest BCUT2D eigenvalue weighted by atomic mass is 9.93. The maximum Gasteiger partial charge on any atom is 0.329 e. The van der Waals surface area contributed by atoms with E-state index in [9.17, 15) is 38.8 Å². The van der Waals surface area contributed by atoms with Gasteiger partial charge in [-0.15, -0.1) is 11.3 Å². The number of fused-ring (bicyclic) bond motifs is 1. The van der Waals surface area contributed by atoms with Crippen molar-refractivity contribution in [1.82, 2.24) is 30.7 Å². The molecule has 1 aromatic heterocycles. The number of nitrogens with zero attached hydrogens (tertiary/aromatic N) is 4. The van der Waals surface area contributed by atoms with E-state index in [0.29, 0.717) is 11.4 Å². The van der Waals surface area contributed by atoms with Crippen LogP contribution in [0.25, 0.3) is 10.1 Å². The van der Waals surface area contributed by atoms with E-state index in [2.05, 4.69) is 22.0 Å². The van der Waals surface area contributed by atoms with Gasteiger partial charge in [-0.25, -0.2) is 4.79 Å². The molecule has 0 unspecified atom stereocenters. The van der Waals surface area contributed by atoms with Crippen LogP contribution in [0.15, 0.2) is 35.2 Å². The molecule has 3 N–H and O–H groups in total. The van der Waals surface area contributed by atoms with Gasteiger partial charge in [0.05, 0.1) is 6.07 Å². The van der Waals surface area contributed by atoms with Crippen molar-refractivity contribution >= 4 is 74.4 Å².